The first kappa shape index (κ1) is 15.9. The van der Waals surface area contributed by atoms with Crippen molar-refractivity contribution in [1.29, 1.82) is 0 Å². The first-order valence-electron chi connectivity index (χ1n) is 7.79. The minimum atomic E-state index is -0.706. The van der Waals surface area contributed by atoms with Gasteiger partial charge >= 0.3 is 0 Å². The van der Waals surface area contributed by atoms with Crippen molar-refractivity contribution in [3.8, 4) is 0 Å². The average molecular weight is 295 g/mol. The highest BCUT2D eigenvalue weighted by Gasteiger charge is 2.43. The number of aromatic nitrogens is 4. The maximum atomic E-state index is 12.9. The summed E-state index contributed by atoms with van der Waals surface area (Å²) >= 11 is 0. The number of nitrogens with zero attached hydrogens (tertiary/aromatic N) is 4. The Labute approximate surface area is 125 Å². The van der Waals surface area contributed by atoms with E-state index in [9.17, 15) is 9.90 Å². The van der Waals surface area contributed by atoms with Gasteiger partial charge in [-0.15, -0.1) is 5.10 Å². The van der Waals surface area contributed by atoms with Crippen molar-refractivity contribution in [2.24, 2.45) is 5.92 Å². The van der Waals surface area contributed by atoms with Gasteiger partial charge < -0.3 is 10.4 Å². The van der Waals surface area contributed by atoms with Gasteiger partial charge in [0.15, 0.2) is 0 Å². The second-order valence-corrected chi connectivity index (χ2v) is 5.99. The van der Waals surface area contributed by atoms with Gasteiger partial charge in [0.2, 0.25) is 5.91 Å². The van der Waals surface area contributed by atoms with Gasteiger partial charge in [-0.3, -0.25) is 4.79 Å². The van der Waals surface area contributed by atoms with E-state index in [1.54, 1.807) is 4.68 Å². The first-order chi connectivity index (χ1) is 10.1. The number of hydrogen-bond acceptors (Lipinski definition) is 5. The molecule has 1 aromatic rings. The molecule has 1 aromatic heterocycles. The van der Waals surface area contributed by atoms with Crippen molar-refractivity contribution in [2.75, 3.05) is 6.61 Å². The molecular formula is C14H25N5O2. The quantitative estimate of drug-likeness (QED) is 0.812. The number of rotatable bonds is 6. The number of amides is 1. The SMILES string of the molecule is CC[C@@H](C)[C@@H](CO)NC(=O)C1(n2cnnn2)CCCCC1. The summed E-state index contributed by atoms with van der Waals surface area (Å²) in [6.07, 6.45) is 7.00. The molecule has 0 aliphatic heterocycles. The molecule has 7 heteroatoms. The monoisotopic (exact) mass is 295 g/mol. The summed E-state index contributed by atoms with van der Waals surface area (Å²) in [4.78, 5) is 12.9. The summed E-state index contributed by atoms with van der Waals surface area (Å²) in [5, 5.41) is 23.9. The topological polar surface area (TPSA) is 92.9 Å². The second-order valence-electron chi connectivity index (χ2n) is 5.99. The molecule has 7 nitrogen and oxygen atoms in total. The van der Waals surface area contributed by atoms with Gasteiger partial charge in [-0.25, -0.2) is 4.68 Å². The smallest absolute Gasteiger partial charge is 0.248 e. The van der Waals surface area contributed by atoms with Crippen LogP contribution in [0.3, 0.4) is 0 Å². The molecule has 0 saturated heterocycles. The first-order valence-corrected chi connectivity index (χ1v) is 7.79. The van der Waals surface area contributed by atoms with Gasteiger partial charge in [-0.05, 0) is 29.2 Å². The van der Waals surface area contributed by atoms with Crippen LogP contribution in [0.4, 0.5) is 0 Å². The van der Waals surface area contributed by atoms with Crippen molar-refractivity contribution in [3.05, 3.63) is 6.33 Å². The number of carbonyl (C=O) groups is 1. The molecule has 0 aromatic carbocycles. The fraction of sp³-hybridized carbons (Fsp3) is 0.857. The highest BCUT2D eigenvalue weighted by atomic mass is 16.3. The lowest BCUT2D eigenvalue weighted by Gasteiger charge is -2.37. The Hall–Kier alpha value is -1.50. The lowest BCUT2D eigenvalue weighted by Crippen LogP contribution is -2.55. The molecule has 0 radical (unpaired) electrons. The molecule has 21 heavy (non-hydrogen) atoms. The zero-order chi connectivity index (χ0) is 15.3. The largest absolute Gasteiger partial charge is 0.394 e. The van der Waals surface area contributed by atoms with E-state index in [-0.39, 0.29) is 24.5 Å². The second kappa shape index (κ2) is 6.98. The van der Waals surface area contributed by atoms with Crippen molar-refractivity contribution < 1.29 is 9.90 Å². The van der Waals surface area contributed by atoms with Crippen LogP contribution in [-0.2, 0) is 10.3 Å². The Bertz CT molecular complexity index is 442. The molecule has 1 fully saturated rings. The zero-order valence-corrected chi connectivity index (χ0v) is 12.8. The number of tetrazole rings is 1. The molecule has 2 atom stereocenters. The lowest BCUT2D eigenvalue weighted by molar-refractivity contribution is -0.134. The summed E-state index contributed by atoms with van der Waals surface area (Å²) < 4.78 is 1.59. The van der Waals surface area contributed by atoms with E-state index >= 15 is 0 Å². The average Bonchev–Trinajstić information content (AvgIpc) is 3.07. The summed E-state index contributed by atoms with van der Waals surface area (Å²) in [7, 11) is 0. The normalized spacial score (nSPS) is 20.7. The van der Waals surface area contributed by atoms with Gasteiger partial charge in [-0.1, -0.05) is 39.5 Å². The molecule has 1 aliphatic rings. The van der Waals surface area contributed by atoms with E-state index in [1.807, 2.05) is 6.92 Å². The standard InChI is InChI=1S/C14H25N5O2/c1-3-11(2)12(9-20)16-13(21)14(7-5-4-6-8-14)19-10-15-17-18-19/h10-12,20H,3-9H2,1-2H3,(H,16,21)/t11-,12-/m1/s1. The van der Waals surface area contributed by atoms with E-state index in [4.69, 9.17) is 0 Å². The van der Waals surface area contributed by atoms with E-state index < -0.39 is 5.54 Å². The Morgan fingerprint density at radius 1 is 1.43 bits per heavy atom. The van der Waals surface area contributed by atoms with E-state index in [0.717, 1.165) is 38.5 Å². The Morgan fingerprint density at radius 2 is 2.14 bits per heavy atom. The third-order valence-electron chi connectivity index (χ3n) is 4.73. The van der Waals surface area contributed by atoms with Gasteiger partial charge in [0.25, 0.3) is 0 Å². The maximum Gasteiger partial charge on any atom is 0.248 e. The lowest BCUT2D eigenvalue weighted by atomic mass is 9.80. The Morgan fingerprint density at radius 3 is 2.67 bits per heavy atom. The van der Waals surface area contributed by atoms with Crippen molar-refractivity contribution in [3.63, 3.8) is 0 Å². The number of aliphatic hydroxyl groups is 1. The van der Waals surface area contributed by atoms with Crippen LogP contribution in [-0.4, -0.2) is 43.9 Å². The molecule has 0 bridgehead atoms. The summed E-state index contributed by atoms with van der Waals surface area (Å²) in [5.74, 6) is 0.155. The van der Waals surface area contributed by atoms with E-state index in [2.05, 4.69) is 27.8 Å². The van der Waals surface area contributed by atoms with Crippen LogP contribution in [0.25, 0.3) is 0 Å². The van der Waals surface area contributed by atoms with Crippen LogP contribution in [0.5, 0.6) is 0 Å². The van der Waals surface area contributed by atoms with Gasteiger partial charge in [-0.2, -0.15) is 0 Å². The third kappa shape index (κ3) is 3.23. The maximum absolute atomic E-state index is 12.9. The van der Waals surface area contributed by atoms with Crippen LogP contribution in [0, 0.1) is 5.92 Å². The minimum absolute atomic E-state index is 0.0492. The summed E-state index contributed by atoms with van der Waals surface area (Å²) in [5.41, 5.74) is -0.706. The van der Waals surface area contributed by atoms with E-state index in [0.29, 0.717) is 0 Å². The predicted octanol–water partition coefficient (Wildman–Crippen LogP) is 0.856. The van der Waals surface area contributed by atoms with Crippen LogP contribution < -0.4 is 5.32 Å². The Kier molecular flexibility index (Phi) is 5.27. The van der Waals surface area contributed by atoms with Crippen molar-refractivity contribution in [1.82, 2.24) is 25.5 Å². The minimum Gasteiger partial charge on any atom is -0.394 e. The van der Waals surface area contributed by atoms with Crippen LogP contribution in [0.2, 0.25) is 0 Å². The Balaban J connectivity index is 2.19. The van der Waals surface area contributed by atoms with Crippen molar-refractivity contribution >= 4 is 5.91 Å². The molecule has 0 unspecified atom stereocenters. The van der Waals surface area contributed by atoms with Gasteiger partial charge in [0.1, 0.15) is 11.9 Å². The molecule has 1 amide bonds. The highest BCUT2D eigenvalue weighted by Crippen LogP contribution is 2.34. The molecule has 1 aliphatic carbocycles. The van der Waals surface area contributed by atoms with Crippen LogP contribution >= 0.6 is 0 Å². The van der Waals surface area contributed by atoms with Gasteiger partial charge in [0, 0.05) is 0 Å². The van der Waals surface area contributed by atoms with E-state index in [1.165, 1.54) is 6.33 Å². The van der Waals surface area contributed by atoms with Crippen LogP contribution in [0.15, 0.2) is 6.33 Å². The summed E-state index contributed by atoms with van der Waals surface area (Å²) in [6, 6.07) is -0.224. The molecule has 1 heterocycles. The number of nitrogens with one attached hydrogen (secondary N) is 1. The third-order valence-corrected chi connectivity index (χ3v) is 4.73. The fourth-order valence-corrected chi connectivity index (χ4v) is 3.01. The van der Waals surface area contributed by atoms with Gasteiger partial charge in [0.05, 0.1) is 12.6 Å². The molecule has 1 saturated carbocycles. The highest BCUT2D eigenvalue weighted by molar-refractivity contribution is 5.84. The fourth-order valence-electron chi connectivity index (χ4n) is 3.01. The number of carbonyl (C=O) groups excluding carboxylic acids is 1. The molecule has 2 rings (SSSR count). The van der Waals surface area contributed by atoms with Crippen molar-refractivity contribution in [2.45, 2.75) is 64.0 Å². The molecule has 118 valence electrons. The van der Waals surface area contributed by atoms with Crippen LogP contribution in [0.1, 0.15) is 52.4 Å². The predicted molar refractivity (Wildman–Crippen MR) is 77.3 cm³/mol. The number of aliphatic hydroxyl groups excluding tert-OH is 1. The zero-order valence-electron chi connectivity index (χ0n) is 12.8. The molecule has 0 spiro atoms. The molecule has 2 N–H and O–H groups in total. The summed E-state index contributed by atoms with van der Waals surface area (Å²) in [6.45, 7) is 4.04. The molecular weight excluding hydrogens is 270 g/mol. The number of hydrogen-bond donors (Lipinski definition) is 2.